The Bertz CT molecular complexity index is 693. The molecule has 0 aliphatic carbocycles. The van der Waals surface area contributed by atoms with E-state index in [1.807, 2.05) is 36.4 Å². The highest BCUT2D eigenvalue weighted by Crippen LogP contribution is 2.27. The number of nitrogens with one attached hydrogen (secondary N) is 2. The van der Waals surface area contributed by atoms with Crippen LogP contribution in [0, 0.1) is 0 Å². The average Bonchev–Trinajstić information content (AvgIpc) is 2.72. The molecule has 0 spiro atoms. The van der Waals surface area contributed by atoms with Crippen LogP contribution < -0.4 is 10.6 Å². The van der Waals surface area contributed by atoms with E-state index in [0.29, 0.717) is 17.9 Å². The Kier molecular flexibility index (Phi) is 6.39. The number of rotatable bonds is 6. The second kappa shape index (κ2) is 8.94. The first kappa shape index (κ1) is 18.6. The lowest BCUT2D eigenvalue weighted by molar-refractivity contribution is -0.126. The van der Waals surface area contributed by atoms with Crippen molar-refractivity contribution in [2.45, 2.75) is 36.9 Å². The van der Waals surface area contributed by atoms with Crippen molar-refractivity contribution in [3.8, 4) is 0 Å². The minimum absolute atomic E-state index is 0.181. The zero-order valence-corrected chi connectivity index (χ0v) is 14.7. The summed E-state index contributed by atoms with van der Waals surface area (Å²) in [5.41, 5.74) is 1.92. The lowest BCUT2D eigenvalue weighted by Gasteiger charge is -2.31. The van der Waals surface area contributed by atoms with Gasteiger partial charge in [0.2, 0.25) is 5.91 Å². The van der Waals surface area contributed by atoms with E-state index < -0.39 is 12.1 Å². The molecule has 0 unspecified atom stereocenters. The van der Waals surface area contributed by atoms with Crippen LogP contribution in [0.25, 0.3) is 0 Å². The number of hydrogen-bond acceptors (Lipinski definition) is 4. The normalized spacial score (nSPS) is 22.4. The van der Waals surface area contributed by atoms with Gasteiger partial charge in [0.15, 0.2) is 0 Å². The van der Waals surface area contributed by atoms with Gasteiger partial charge in [-0.1, -0.05) is 60.7 Å². The highest BCUT2D eigenvalue weighted by molar-refractivity contribution is 5.82. The van der Waals surface area contributed by atoms with Gasteiger partial charge in [0.25, 0.3) is 0 Å². The van der Waals surface area contributed by atoms with E-state index in [2.05, 4.69) is 22.8 Å². The molecule has 1 aliphatic heterocycles. The lowest BCUT2D eigenvalue weighted by atomic mass is 9.86. The van der Waals surface area contributed by atoms with Crippen molar-refractivity contribution in [1.82, 2.24) is 10.6 Å². The zero-order chi connectivity index (χ0) is 18.4. The summed E-state index contributed by atoms with van der Waals surface area (Å²) in [5, 5.41) is 26.2. The van der Waals surface area contributed by atoms with Gasteiger partial charge in [-0.3, -0.25) is 4.79 Å². The van der Waals surface area contributed by atoms with Crippen LogP contribution in [0.2, 0.25) is 0 Å². The van der Waals surface area contributed by atoms with Crippen LogP contribution in [0.4, 0.5) is 0 Å². The predicted octanol–water partition coefficient (Wildman–Crippen LogP) is 1.73. The molecular formula is C21H26N2O3. The Balaban J connectivity index is 1.62. The third-order valence-electron chi connectivity index (χ3n) is 5.04. The van der Waals surface area contributed by atoms with E-state index in [1.165, 1.54) is 5.56 Å². The molecule has 5 nitrogen and oxygen atoms in total. The second-order valence-corrected chi connectivity index (χ2v) is 6.79. The Morgan fingerprint density at radius 1 is 1.12 bits per heavy atom. The van der Waals surface area contributed by atoms with Gasteiger partial charge in [-0.25, -0.2) is 0 Å². The fourth-order valence-electron chi connectivity index (χ4n) is 3.54. The number of benzene rings is 2. The molecule has 1 heterocycles. The van der Waals surface area contributed by atoms with Gasteiger partial charge in [0.05, 0.1) is 18.7 Å². The van der Waals surface area contributed by atoms with Crippen LogP contribution in [-0.4, -0.2) is 41.4 Å². The minimum Gasteiger partial charge on any atom is -0.394 e. The fraction of sp³-hybridized carbons (Fsp3) is 0.381. The van der Waals surface area contributed by atoms with Crippen molar-refractivity contribution in [1.29, 1.82) is 0 Å². The van der Waals surface area contributed by atoms with E-state index in [9.17, 15) is 15.0 Å². The zero-order valence-electron chi connectivity index (χ0n) is 14.7. The molecule has 138 valence electrons. The number of carbonyl (C=O) groups excluding carboxylic acids is 1. The Hall–Kier alpha value is -2.21. The molecule has 0 radical (unpaired) electrons. The second-order valence-electron chi connectivity index (χ2n) is 6.79. The molecule has 5 heteroatoms. The number of aliphatic hydroxyl groups excluding tert-OH is 2. The molecular weight excluding hydrogens is 328 g/mol. The monoisotopic (exact) mass is 354 g/mol. The molecule has 1 aliphatic rings. The van der Waals surface area contributed by atoms with Crippen LogP contribution in [0.5, 0.6) is 0 Å². The summed E-state index contributed by atoms with van der Waals surface area (Å²) in [6, 6.07) is 18.2. The summed E-state index contributed by atoms with van der Waals surface area (Å²) in [7, 11) is 0. The van der Waals surface area contributed by atoms with E-state index in [0.717, 1.165) is 13.0 Å². The molecule has 0 saturated carbocycles. The van der Waals surface area contributed by atoms with E-state index in [4.69, 9.17) is 0 Å². The van der Waals surface area contributed by atoms with Gasteiger partial charge in [0, 0.05) is 0 Å². The summed E-state index contributed by atoms with van der Waals surface area (Å²) in [6.07, 6.45) is 0.748. The van der Waals surface area contributed by atoms with Gasteiger partial charge >= 0.3 is 0 Å². The van der Waals surface area contributed by atoms with Crippen molar-refractivity contribution in [3.05, 3.63) is 71.8 Å². The van der Waals surface area contributed by atoms with E-state index in [1.54, 1.807) is 12.1 Å². The van der Waals surface area contributed by atoms with Crippen LogP contribution in [0.3, 0.4) is 0 Å². The fourth-order valence-corrected chi connectivity index (χ4v) is 3.54. The smallest absolute Gasteiger partial charge is 0.237 e. The first-order valence-electron chi connectivity index (χ1n) is 9.11. The molecule has 0 aromatic heterocycles. The maximum Gasteiger partial charge on any atom is 0.237 e. The third kappa shape index (κ3) is 4.49. The Labute approximate surface area is 154 Å². The maximum absolute atomic E-state index is 12.7. The van der Waals surface area contributed by atoms with Gasteiger partial charge in [-0.2, -0.15) is 0 Å². The lowest BCUT2D eigenvalue weighted by Crippen LogP contribution is -2.53. The topological polar surface area (TPSA) is 81.6 Å². The molecule has 3 rings (SSSR count). The van der Waals surface area contributed by atoms with E-state index in [-0.39, 0.29) is 18.6 Å². The molecule has 1 saturated heterocycles. The van der Waals surface area contributed by atoms with Gasteiger partial charge in [-0.05, 0) is 36.4 Å². The number of piperidine rings is 1. The summed E-state index contributed by atoms with van der Waals surface area (Å²) in [5.74, 6) is 0.152. The highest BCUT2D eigenvalue weighted by Gasteiger charge is 2.30. The van der Waals surface area contributed by atoms with Crippen molar-refractivity contribution in [2.24, 2.45) is 0 Å². The number of aliphatic hydroxyl groups is 2. The van der Waals surface area contributed by atoms with Gasteiger partial charge in [-0.15, -0.1) is 0 Å². The van der Waals surface area contributed by atoms with Crippen LogP contribution in [0.15, 0.2) is 60.7 Å². The van der Waals surface area contributed by atoms with Crippen molar-refractivity contribution in [3.63, 3.8) is 0 Å². The summed E-state index contributed by atoms with van der Waals surface area (Å²) < 4.78 is 0. The highest BCUT2D eigenvalue weighted by atomic mass is 16.3. The third-order valence-corrected chi connectivity index (χ3v) is 5.04. The molecule has 0 bridgehead atoms. The van der Waals surface area contributed by atoms with E-state index >= 15 is 0 Å². The molecule has 2 aromatic rings. The van der Waals surface area contributed by atoms with Crippen LogP contribution >= 0.6 is 0 Å². The van der Waals surface area contributed by atoms with Gasteiger partial charge < -0.3 is 20.8 Å². The molecule has 1 amide bonds. The van der Waals surface area contributed by atoms with Crippen molar-refractivity contribution >= 4 is 5.91 Å². The SMILES string of the molecule is O=C(N[C@@H](CO)[C@@H](O)c1ccccc1)[C@H]1C[C@@H](c2ccccc2)CCN1. The molecule has 1 fully saturated rings. The number of carbonyl (C=O) groups is 1. The Morgan fingerprint density at radius 3 is 2.42 bits per heavy atom. The maximum atomic E-state index is 12.7. The minimum atomic E-state index is -0.946. The van der Waals surface area contributed by atoms with Crippen molar-refractivity contribution in [2.75, 3.05) is 13.2 Å². The van der Waals surface area contributed by atoms with Crippen LogP contribution in [-0.2, 0) is 4.79 Å². The largest absolute Gasteiger partial charge is 0.394 e. The summed E-state index contributed by atoms with van der Waals surface area (Å²) in [4.78, 5) is 12.7. The summed E-state index contributed by atoms with van der Waals surface area (Å²) in [6.45, 7) is 0.444. The van der Waals surface area contributed by atoms with Gasteiger partial charge in [0.1, 0.15) is 6.10 Å². The molecule has 4 atom stereocenters. The Morgan fingerprint density at radius 2 is 1.77 bits per heavy atom. The first-order valence-corrected chi connectivity index (χ1v) is 9.11. The first-order chi connectivity index (χ1) is 12.7. The quantitative estimate of drug-likeness (QED) is 0.637. The van der Waals surface area contributed by atoms with Crippen LogP contribution in [0.1, 0.15) is 36.0 Å². The summed E-state index contributed by atoms with van der Waals surface area (Å²) >= 11 is 0. The standard InChI is InChI=1S/C21H26N2O3/c24-14-19(20(25)16-9-5-2-6-10-16)23-21(26)18-13-17(11-12-22-18)15-7-3-1-4-8-15/h1-10,17-20,22,24-25H,11-14H2,(H,23,26)/t17-,18+,19-,20-/m0/s1. The predicted molar refractivity (Wildman–Crippen MR) is 101 cm³/mol. The molecule has 26 heavy (non-hydrogen) atoms. The molecule has 4 N–H and O–H groups in total. The number of hydrogen-bond donors (Lipinski definition) is 4. The number of amides is 1. The average molecular weight is 354 g/mol. The molecule has 2 aromatic carbocycles. The van der Waals surface area contributed by atoms with Crippen molar-refractivity contribution < 1.29 is 15.0 Å².